The van der Waals surface area contributed by atoms with Crippen molar-refractivity contribution in [2.75, 3.05) is 0 Å². The lowest BCUT2D eigenvalue weighted by Gasteiger charge is -2.10. The van der Waals surface area contributed by atoms with Gasteiger partial charge in [-0.15, -0.1) is 0 Å². The summed E-state index contributed by atoms with van der Waals surface area (Å²) in [5.41, 5.74) is 2.54. The predicted octanol–water partition coefficient (Wildman–Crippen LogP) is 1.82. The molecule has 1 saturated carbocycles. The minimum atomic E-state index is -0.0842. The summed E-state index contributed by atoms with van der Waals surface area (Å²) in [6.45, 7) is 0. The lowest BCUT2D eigenvalue weighted by atomic mass is 10.1. The first-order chi connectivity index (χ1) is 11.3. The molecule has 25 heavy (non-hydrogen) atoms. The fourth-order valence-corrected chi connectivity index (χ4v) is 3.71. The van der Waals surface area contributed by atoms with Crippen LogP contribution in [0.2, 0.25) is 0 Å². The van der Waals surface area contributed by atoms with Crippen LogP contribution in [-0.4, -0.2) is 25.7 Å². The summed E-state index contributed by atoms with van der Waals surface area (Å²) in [6, 6.07) is 10.2. The molecule has 4 rings (SSSR count). The highest BCUT2D eigenvalue weighted by Crippen LogP contribution is 2.34. The molecular formula is C17H22N4O3S. The highest BCUT2D eigenvalue weighted by atomic mass is 32.2. The van der Waals surface area contributed by atoms with Crippen LogP contribution in [-0.2, 0) is 0 Å². The lowest BCUT2D eigenvalue weighted by molar-refractivity contribution is 0.483. The molecule has 0 unspecified atom stereocenters. The van der Waals surface area contributed by atoms with Crippen LogP contribution in [0.4, 0.5) is 0 Å². The van der Waals surface area contributed by atoms with E-state index in [-0.39, 0.29) is 16.5 Å². The van der Waals surface area contributed by atoms with Crippen molar-refractivity contribution in [3.8, 4) is 11.3 Å². The van der Waals surface area contributed by atoms with Crippen molar-refractivity contribution < 1.29 is 11.0 Å². The van der Waals surface area contributed by atoms with Gasteiger partial charge in [0.25, 0.3) is 5.56 Å². The number of rotatable bonds is 3. The Kier molecular flexibility index (Phi) is 6.02. The first kappa shape index (κ1) is 19.2. The van der Waals surface area contributed by atoms with E-state index in [4.69, 9.17) is 10.2 Å². The van der Waals surface area contributed by atoms with E-state index in [2.05, 4.69) is 9.67 Å². The van der Waals surface area contributed by atoms with Crippen molar-refractivity contribution in [2.45, 2.75) is 36.6 Å². The third kappa shape index (κ3) is 3.34. The maximum absolute atomic E-state index is 12.4. The number of hydrogen-bond donors (Lipinski definition) is 2. The Labute approximate surface area is 149 Å². The van der Waals surface area contributed by atoms with E-state index in [0.717, 1.165) is 34.5 Å². The Hall–Kier alpha value is -2.13. The molecule has 0 amide bonds. The molecule has 0 radical (unpaired) electrons. The van der Waals surface area contributed by atoms with Gasteiger partial charge < -0.3 is 15.9 Å². The van der Waals surface area contributed by atoms with E-state index in [9.17, 15) is 4.79 Å². The number of aromatic nitrogens is 3. The Morgan fingerprint density at radius 2 is 1.80 bits per heavy atom. The predicted molar refractivity (Wildman–Crippen MR) is 101 cm³/mol. The fraction of sp³-hybridized carbons (Fsp3) is 0.294. The van der Waals surface area contributed by atoms with E-state index in [1.165, 1.54) is 24.8 Å². The van der Waals surface area contributed by atoms with Crippen molar-refractivity contribution in [3.05, 3.63) is 46.9 Å². The largest absolute Gasteiger partial charge is 0.412 e. The van der Waals surface area contributed by atoms with Gasteiger partial charge in [-0.25, -0.2) is 0 Å². The number of pyridine rings is 1. The molecule has 3 aromatic rings. The highest BCUT2D eigenvalue weighted by molar-refractivity contribution is 7.97. The molecule has 7 nitrogen and oxygen atoms in total. The number of nitrogens with zero attached hydrogens (tertiary/aromatic N) is 2. The number of nitrogens with two attached hydrogens (primary N) is 1. The molecule has 7 N–H and O–H groups in total. The number of hydrogen-bond acceptors (Lipinski definition) is 4. The Balaban J connectivity index is 0.00000113. The second-order valence-corrected chi connectivity index (χ2v) is 6.65. The standard InChI is InChI=1S/C17H18N4OS.2H2O/c18-23-13-7-5-11(6-8-13)16-15-14(9-10-19-17(15)22)21(20-16)12-3-1-2-4-12;;/h5-10,12H,1-4,18H2,(H,19,22);2*1H2. The molecule has 0 aliphatic heterocycles. The number of nitrogens with one attached hydrogen (secondary N) is 1. The van der Waals surface area contributed by atoms with Crippen LogP contribution in [0.5, 0.6) is 0 Å². The number of benzene rings is 1. The van der Waals surface area contributed by atoms with E-state index in [0.29, 0.717) is 11.4 Å². The minimum absolute atomic E-state index is 0. The van der Waals surface area contributed by atoms with Crippen LogP contribution >= 0.6 is 11.9 Å². The van der Waals surface area contributed by atoms with Crippen molar-refractivity contribution in [2.24, 2.45) is 5.14 Å². The van der Waals surface area contributed by atoms with Crippen LogP contribution in [0.15, 0.2) is 46.2 Å². The smallest absolute Gasteiger partial charge is 0.259 e. The van der Waals surface area contributed by atoms with Crippen molar-refractivity contribution >= 4 is 22.9 Å². The van der Waals surface area contributed by atoms with Crippen LogP contribution in [0.3, 0.4) is 0 Å². The molecule has 134 valence electrons. The summed E-state index contributed by atoms with van der Waals surface area (Å²) < 4.78 is 2.05. The van der Waals surface area contributed by atoms with Gasteiger partial charge in [-0.3, -0.25) is 14.6 Å². The van der Waals surface area contributed by atoms with Crippen molar-refractivity contribution in [1.29, 1.82) is 0 Å². The molecule has 0 atom stereocenters. The molecular weight excluding hydrogens is 340 g/mol. The number of fused-ring (bicyclic) bond motifs is 1. The molecule has 2 aromatic heterocycles. The molecule has 1 aliphatic rings. The van der Waals surface area contributed by atoms with Gasteiger partial charge in [0, 0.05) is 16.7 Å². The SMILES string of the molecule is NSc1ccc(-c2nn(C3CCCC3)c3cc[nH]c(=O)c23)cc1.O.O. The molecule has 0 saturated heterocycles. The second kappa shape index (κ2) is 7.83. The van der Waals surface area contributed by atoms with Crippen molar-refractivity contribution in [3.63, 3.8) is 0 Å². The summed E-state index contributed by atoms with van der Waals surface area (Å²) >= 11 is 1.21. The topological polar surface area (TPSA) is 140 Å². The van der Waals surface area contributed by atoms with Gasteiger partial charge in [0.1, 0.15) is 5.69 Å². The summed E-state index contributed by atoms with van der Waals surface area (Å²) in [5.74, 6) is 0. The van der Waals surface area contributed by atoms with Gasteiger partial charge in [-0.05, 0) is 43.0 Å². The van der Waals surface area contributed by atoms with E-state index in [1.54, 1.807) is 6.20 Å². The molecule has 1 fully saturated rings. The Bertz CT molecular complexity index is 898. The summed E-state index contributed by atoms with van der Waals surface area (Å²) in [4.78, 5) is 16.2. The Morgan fingerprint density at radius 1 is 1.12 bits per heavy atom. The monoisotopic (exact) mass is 362 g/mol. The average Bonchev–Trinajstić information content (AvgIpc) is 3.23. The van der Waals surface area contributed by atoms with Gasteiger partial charge in [0.05, 0.1) is 16.9 Å². The molecule has 8 heteroatoms. The van der Waals surface area contributed by atoms with Gasteiger partial charge >= 0.3 is 0 Å². The van der Waals surface area contributed by atoms with Gasteiger partial charge in [0.15, 0.2) is 0 Å². The van der Waals surface area contributed by atoms with E-state index in [1.807, 2.05) is 30.3 Å². The molecule has 1 aliphatic carbocycles. The fourth-order valence-electron chi connectivity index (χ4n) is 3.42. The quantitative estimate of drug-likeness (QED) is 0.686. The molecule has 0 bridgehead atoms. The van der Waals surface area contributed by atoms with Gasteiger partial charge in [0.2, 0.25) is 0 Å². The first-order valence-corrected chi connectivity index (χ1v) is 8.73. The maximum atomic E-state index is 12.4. The summed E-state index contributed by atoms with van der Waals surface area (Å²) in [6.07, 6.45) is 6.42. The zero-order chi connectivity index (χ0) is 15.8. The zero-order valence-corrected chi connectivity index (χ0v) is 14.5. The van der Waals surface area contributed by atoms with Crippen LogP contribution in [0.1, 0.15) is 31.7 Å². The summed E-state index contributed by atoms with van der Waals surface area (Å²) in [5, 5.41) is 11.1. The molecule has 1 aromatic carbocycles. The molecule has 0 spiro atoms. The van der Waals surface area contributed by atoms with E-state index < -0.39 is 0 Å². The summed E-state index contributed by atoms with van der Waals surface area (Å²) in [7, 11) is 0. The minimum Gasteiger partial charge on any atom is -0.412 e. The van der Waals surface area contributed by atoms with E-state index >= 15 is 0 Å². The van der Waals surface area contributed by atoms with Crippen LogP contribution in [0.25, 0.3) is 22.2 Å². The third-order valence-electron chi connectivity index (χ3n) is 4.56. The van der Waals surface area contributed by atoms with Crippen molar-refractivity contribution in [1.82, 2.24) is 14.8 Å². The zero-order valence-electron chi connectivity index (χ0n) is 13.7. The van der Waals surface area contributed by atoms with Gasteiger partial charge in [-0.2, -0.15) is 5.10 Å². The van der Waals surface area contributed by atoms with Gasteiger partial charge in [-0.1, -0.05) is 25.0 Å². The lowest BCUT2D eigenvalue weighted by Crippen LogP contribution is -2.08. The average molecular weight is 362 g/mol. The second-order valence-electron chi connectivity index (χ2n) is 5.94. The highest BCUT2D eigenvalue weighted by Gasteiger charge is 2.23. The maximum Gasteiger partial charge on any atom is 0.259 e. The number of aromatic amines is 1. The first-order valence-electron chi connectivity index (χ1n) is 7.85. The van der Waals surface area contributed by atoms with Crippen LogP contribution in [0, 0.1) is 0 Å². The third-order valence-corrected chi connectivity index (χ3v) is 5.11. The normalized spacial score (nSPS) is 14.3. The Morgan fingerprint density at radius 3 is 2.44 bits per heavy atom. The number of H-pyrrole nitrogens is 1. The van der Waals surface area contributed by atoms with Crippen LogP contribution < -0.4 is 10.7 Å². The molecule has 2 heterocycles.